The van der Waals surface area contributed by atoms with Crippen molar-refractivity contribution in [2.75, 3.05) is 0 Å². The van der Waals surface area contributed by atoms with Crippen LogP contribution in [-0.4, -0.2) is 11.8 Å². The second-order valence-corrected chi connectivity index (χ2v) is 6.93. The molecule has 3 aromatic rings. The van der Waals surface area contributed by atoms with E-state index < -0.39 is 5.97 Å². The van der Waals surface area contributed by atoms with E-state index in [4.69, 9.17) is 4.74 Å². The highest BCUT2D eigenvalue weighted by molar-refractivity contribution is 5.97. The molecule has 28 heavy (non-hydrogen) atoms. The van der Waals surface area contributed by atoms with Gasteiger partial charge in [-0.05, 0) is 59.9 Å². The van der Waals surface area contributed by atoms with Crippen LogP contribution in [0.3, 0.4) is 0 Å². The summed E-state index contributed by atoms with van der Waals surface area (Å²) in [6, 6.07) is 23.8. The van der Waals surface area contributed by atoms with Crippen molar-refractivity contribution >= 4 is 11.8 Å². The molecule has 0 bridgehead atoms. The SMILES string of the molecule is CCC(C)c1ccc(C(=O)Oc2ccc(C(=O)Cc3ccccc3)cc2)cc1. The summed E-state index contributed by atoms with van der Waals surface area (Å²) in [4.78, 5) is 24.7. The van der Waals surface area contributed by atoms with Crippen molar-refractivity contribution < 1.29 is 14.3 Å². The monoisotopic (exact) mass is 372 g/mol. The van der Waals surface area contributed by atoms with Crippen molar-refractivity contribution in [1.82, 2.24) is 0 Å². The first-order valence-electron chi connectivity index (χ1n) is 9.56. The summed E-state index contributed by atoms with van der Waals surface area (Å²) < 4.78 is 5.43. The third kappa shape index (κ3) is 4.95. The standard InChI is InChI=1S/C25H24O3/c1-3-18(2)20-9-11-22(12-10-20)25(27)28-23-15-13-21(14-16-23)24(26)17-19-7-5-4-6-8-19/h4-16,18H,3,17H2,1-2H3. The van der Waals surface area contributed by atoms with Crippen molar-refractivity contribution in [3.05, 3.63) is 101 Å². The Morgan fingerprint density at radius 3 is 2.04 bits per heavy atom. The molecule has 0 radical (unpaired) electrons. The Balaban J connectivity index is 1.62. The molecule has 3 nitrogen and oxygen atoms in total. The van der Waals surface area contributed by atoms with Crippen LogP contribution in [0.2, 0.25) is 0 Å². The molecule has 3 aromatic carbocycles. The van der Waals surface area contributed by atoms with E-state index in [0.29, 0.717) is 29.2 Å². The summed E-state index contributed by atoms with van der Waals surface area (Å²) in [5.74, 6) is 0.516. The molecule has 0 amide bonds. The molecule has 1 unspecified atom stereocenters. The molecule has 0 aliphatic heterocycles. The average molecular weight is 372 g/mol. The third-order valence-corrected chi connectivity index (χ3v) is 4.92. The Labute approximate surface area is 166 Å². The second kappa shape index (κ2) is 9.14. The van der Waals surface area contributed by atoms with Crippen LogP contribution < -0.4 is 4.74 Å². The highest BCUT2D eigenvalue weighted by Gasteiger charge is 2.11. The Bertz CT molecular complexity index is 926. The van der Waals surface area contributed by atoms with E-state index >= 15 is 0 Å². The van der Waals surface area contributed by atoms with Crippen LogP contribution in [0.25, 0.3) is 0 Å². The van der Waals surface area contributed by atoms with Gasteiger partial charge in [0.05, 0.1) is 5.56 Å². The number of ketones is 1. The van der Waals surface area contributed by atoms with Crippen LogP contribution in [0.4, 0.5) is 0 Å². The van der Waals surface area contributed by atoms with Gasteiger partial charge in [0.25, 0.3) is 0 Å². The van der Waals surface area contributed by atoms with Crippen molar-refractivity contribution in [3.63, 3.8) is 0 Å². The molecule has 0 N–H and O–H groups in total. The Morgan fingerprint density at radius 1 is 0.821 bits per heavy atom. The summed E-state index contributed by atoms with van der Waals surface area (Å²) in [6.07, 6.45) is 1.40. The van der Waals surface area contributed by atoms with Crippen molar-refractivity contribution in [2.24, 2.45) is 0 Å². The molecule has 0 aliphatic carbocycles. The van der Waals surface area contributed by atoms with Crippen molar-refractivity contribution in [3.8, 4) is 5.75 Å². The topological polar surface area (TPSA) is 43.4 Å². The lowest BCUT2D eigenvalue weighted by molar-refractivity contribution is 0.0734. The molecular weight excluding hydrogens is 348 g/mol. The molecule has 3 rings (SSSR count). The number of rotatable bonds is 7. The minimum Gasteiger partial charge on any atom is -0.423 e. The van der Waals surface area contributed by atoms with E-state index in [0.717, 1.165) is 12.0 Å². The lowest BCUT2D eigenvalue weighted by atomic mass is 9.98. The number of carbonyl (C=O) groups is 2. The summed E-state index contributed by atoms with van der Waals surface area (Å²) >= 11 is 0. The maximum absolute atomic E-state index is 12.4. The zero-order chi connectivity index (χ0) is 19.9. The highest BCUT2D eigenvalue weighted by Crippen LogP contribution is 2.20. The van der Waals surface area contributed by atoms with Gasteiger partial charge in [0.15, 0.2) is 5.78 Å². The lowest BCUT2D eigenvalue weighted by Gasteiger charge is -2.10. The van der Waals surface area contributed by atoms with Crippen LogP contribution in [0, 0.1) is 0 Å². The predicted octanol–water partition coefficient (Wildman–Crippen LogP) is 5.84. The average Bonchev–Trinajstić information content (AvgIpc) is 2.74. The number of hydrogen-bond acceptors (Lipinski definition) is 3. The van der Waals surface area contributed by atoms with Crippen LogP contribution >= 0.6 is 0 Å². The van der Waals surface area contributed by atoms with E-state index in [2.05, 4.69) is 13.8 Å². The molecule has 0 saturated carbocycles. The van der Waals surface area contributed by atoms with Gasteiger partial charge in [-0.25, -0.2) is 4.79 Å². The van der Waals surface area contributed by atoms with Crippen LogP contribution in [0.15, 0.2) is 78.9 Å². The number of hydrogen-bond donors (Lipinski definition) is 0. The Kier molecular flexibility index (Phi) is 6.38. The normalized spacial score (nSPS) is 11.6. The fraction of sp³-hybridized carbons (Fsp3) is 0.200. The number of esters is 1. The quantitative estimate of drug-likeness (QED) is 0.297. The fourth-order valence-corrected chi connectivity index (χ4v) is 2.94. The van der Waals surface area contributed by atoms with Gasteiger partial charge in [-0.1, -0.05) is 56.3 Å². The number of Topliss-reactive ketones (excluding diaryl/α,β-unsaturated/α-hetero) is 1. The van der Waals surface area contributed by atoms with Gasteiger partial charge in [0, 0.05) is 12.0 Å². The van der Waals surface area contributed by atoms with Crippen molar-refractivity contribution in [2.45, 2.75) is 32.6 Å². The van der Waals surface area contributed by atoms with Crippen LogP contribution in [0.5, 0.6) is 5.75 Å². The zero-order valence-corrected chi connectivity index (χ0v) is 16.2. The molecule has 0 heterocycles. The minimum absolute atomic E-state index is 0.0321. The summed E-state index contributed by atoms with van der Waals surface area (Å²) in [5.41, 5.74) is 3.29. The van der Waals surface area contributed by atoms with Crippen LogP contribution in [0.1, 0.15) is 58.0 Å². The number of ether oxygens (including phenoxy) is 1. The molecule has 0 fully saturated rings. The minimum atomic E-state index is -0.404. The smallest absolute Gasteiger partial charge is 0.343 e. The van der Waals surface area contributed by atoms with Gasteiger partial charge in [-0.3, -0.25) is 4.79 Å². The molecule has 0 spiro atoms. The molecule has 0 aliphatic rings. The van der Waals surface area contributed by atoms with Gasteiger partial charge in [-0.2, -0.15) is 0 Å². The van der Waals surface area contributed by atoms with Gasteiger partial charge in [0.2, 0.25) is 0 Å². The van der Waals surface area contributed by atoms with Crippen LogP contribution in [-0.2, 0) is 6.42 Å². The molecule has 142 valence electrons. The first kappa shape index (κ1) is 19.6. The van der Waals surface area contributed by atoms with Gasteiger partial charge < -0.3 is 4.74 Å². The summed E-state index contributed by atoms with van der Waals surface area (Å²) in [7, 11) is 0. The first-order chi connectivity index (χ1) is 13.6. The molecular formula is C25H24O3. The van der Waals surface area contributed by atoms with Gasteiger partial charge in [-0.15, -0.1) is 0 Å². The molecule has 1 atom stereocenters. The molecule has 3 heteroatoms. The van der Waals surface area contributed by atoms with Crippen molar-refractivity contribution in [1.29, 1.82) is 0 Å². The van der Waals surface area contributed by atoms with E-state index in [1.165, 1.54) is 5.56 Å². The maximum atomic E-state index is 12.4. The summed E-state index contributed by atoms with van der Waals surface area (Å²) in [6.45, 7) is 4.30. The summed E-state index contributed by atoms with van der Waals surface area (Å²) in [5, 5.41) is 0. The highest BCUT2D eigenvalue weighted by atomic mass is 16.5. The third-order valence-electron chi connectivity index (χ3n) is 4.92. The lowest BCUT2D eigenvalue weighted by Crippen LogP contribution is -2.09. The van der Waals surface area contributed by atoms with E-state index in [9.17, 15) is 9.59 Å². The molecule has 0 aromatic heterocycles. The van der Waals surface area contributed by atoms with Gasteiger partial charge in [0.1, 0.15) is 5.75 Å². The van der Waals surface area contributed by atoms with E-state index in [1.54, 1.807) is 36.4 Å². The largest absolute Gasteiger partial charge is 0.423 e. The zero-order valence-electron chi connectivity index (χ0n) is 16.2. The number of benzene rings is 3. The van der Waals surface area contributed by atoms with E-state index in [-0.39, 0.29) is 5.78 Å². The second-order valence-electron chi connectivity index (χ2n) is 6.93. The fourth-order valence-electron chi connectivity index (χ4n) is 2.94. The van der Waals surface area contributed by atoms with E-state index in [1.807, 2.05) is 42.5 Å². The predicted molar refractivity (Wildman–Crippen MR) is 111 cm³/mol. The Morgan fingerprint density at radius 2 is 1.43 bits per heavy atom. The Hall–Kier alpha value is -3.20. The first-order valence-corrected chi connectivity index (χ1v) is 9.56. The number of carbonyl (C=O) groups excluding carboxylic acids is 2. The maximum Gasteiger partial charge on any atom is 0.343 e. The molecule has 0 saturated heterocycles. The van der Waals surface area contributed by atoms with Gasteiger partial charge >= 0.3 is 5.97 Å².